The van der Waals surface area contributed by atoms with Crippen LogP contribution in [-0.2, 0) is 16.0 Å². The molecule has 0 saturated carbocycles. The van der Waals surface area contributed by atoms with E-state index in [9.17, 15) is 9.59 Å². The van der Waals surface area contributed by atoms with Crippen molar-refractivity contribution in [2.24, 2.45) is 0 Å². The first kappa shape index (κ1) is 10.7. The molecule has 1 aromatic rings. The molecule has 0 bridgehead atoms. The van der Waals surface area contributed by atoms with Crippen LogP contribution in [0.1, 0.15) is 15.9 Å². The number of fused-ring (bicyclic) bond motifs is 1. The van der Waals surface area contributed by atoms with E-state index in [1.807, 2.05) is 18.2 Å². The summed E-state index contributed by atoms with van der Waals surface area (Å²) < 4.78 is 4.69. The van der Waals surface area contributed by atoms with Crippen LogP contribution in [0.2, 0.25) is 0 Å². The van der Waals surface area contributed by atoms with Gasteiger partial charge in [0.2, 0.25) is 0 Å². The number of carbonyl (C=O) groups is 2. The van der Waals surface area contributed by atoms with E-state index in [4.69, 9.17) is 4.74 Å². The molecular weight excluding hydrogens is 206 g/mol. The van der Waals surface area contributed by atoms with Gasteiger partial charge < -0.3 is 9.64 Å². The van der Waals surface area contributed by atoms with Gasteiger partial charge in [-0.2, -0.15) is 0 Å². The minimum absolute atomic E-state index is 0.128. The fraction of sp³-hybridized carbons (Fsp3) is 0.333. The Morgan fingerprint density at radius 3 is 2.81 bits per heavy atom. The second kappa shape index (κ2) is 3.96. The summed E-state index contributed by atoms with van der Waals surface area (Å²) in [6, 6.07) is 6.83. The van der Waals surface area contributed by atoms with E-state index in [0.29, 0.717) is 12.0 Å². The number of carbonyl (C=O) groups excluding carboxylic acids is 2. The summed E-state index contributed by atoms with van der Waals surface area (Å²) in [6.07, 6.45) is 0.519. The smallest absolute Gasteiger partial charge is 0.328 e. The SMILES string of the molecule is COC(=O)[C@@H]1Cc2ccccc2C(=O)N1C. The number of esters is 1. The lowest BCUT2D eigenvalue weighted by Crippen LogP contribution is -2.48. The van der Waals surface area contributed by atoms with Crippen molar-refractivity contribution in [1.29, 1.82) is 0 Å². The maximum absolute atomic E-state index is 12.0. The molecule has 0 spiro atoms. The Morgan fingerprint density at radius 2 is 2.12 bits per heavy atom. The average molecular weight is 219 g/mol. The third-order valence-electron chi connectivity index (χ3n) is 2.92. The van der Waals surface area contributed by atoms with Crippen molar-refractivity contribution in [3.63, 3.8) is 0 Å². The number of amides is 1. The number of hydrogen-bond acceptors (Lipinski definition) is 3. The molecule has 84 valence electrons. The maximum atomic E-state index is 12.0. The Balaban J connectivity index is 2.39. The molecule has 0 unspecified atom stereocenters. The molecule has 1 aromatic carbocycles. The molecule has 1 aliphatic heterocycles. The lowest BCUT2D eigenvalue weighted by atomic mass is 9.94. The largest absolute Gasteiger partial charge is 0.467 e. The Kier molecular flexibility index (Phi) is 2.64. The van der Waals surface area contributed by atoms with Gasteiger partial charge in [-0.1, -0.05) is 18.2 Å². The average Bonchev–Trinajstić information content (AvgIpc) is 2.33. The van der Waals surface area contributed by atoms with Crippen LogP contribution in [0.5, 0.6) is 0 Å². The highest BCUT2D eigenvalue weighted by Gasteiger charge is 2.34. The van der Waals surface area contributed by atoms with Gasteiger partial charge >= 0.3 is 5.97 Å². The number of methoxy groups -OCH3 is 1. The summed E-state index contributed by atoms with van der Waals surface area (Å²) in [7, 11) is 2.96. The number of rotatable bonds is 1. The van der Waals surface area contributed by atoms with Gasteiger partial charge in [-0.25, -0.2) is 4.79 Å². The summed E-state index contributed by atoms with van der Waals surface area (Å²) in [5.41, 5.74) is 1.58. The molecule has 1 heterocycles. The predicted molar refractivity (Wildman–Crippen MR) is 58.0 cm³/mol. The standard InChI is InChI=1S/C12H13NO3/c1-13-10(12(15)16-2)7-8-5-3-4-6-9(8)11(13)14/h3-6,10H,7H2,1-2H3/t10-/m0/s1. The molecule has 4 heteroatoms. The molecule has 0 fully saturated rings. The Bertz CT molecular complexity index is 442. The molecule has 2 rings (SSSR count). The van der Waals surface area contributed by atoms with Gasteiger partial charge in [0.1, 0.15) is 6.04 Å². The van der Waals surface area contributed by atoms with E-state index in [1.54, 1.807) is 13.1 Å². The molecule has 0 saturated heterocycles. The first-order valence-electron chi connectivity index (χ1n) is 5.08. The topological polar surface area (TPSA) is 46.6 Å². The van der Waals surface area contributed by atoms with E-state index in [1.165, 1.54) is 12.0 Å². The minimum atomic E-state index is -0.507. The maximum Gasteiger partial charge on any atom is 0.328 e. The van der Waals surface area contributed by atoms with Crippen LogP contribution in [0.3, 0.4) is 0 Å². The first-order chi connectivity index (χ1) is 7.65. The highest BCUT2D eigenvalue weighted by atomic mass is 16.5. The van der Waals surface area contributed by atoms with Crippen LogP contribution in [0, 0.1) is 0 Å². The lowest BCUT2D eigenvalue weighted by Gasteiger charge is -2.31. The molecule has 1 aliphatic rings. The molecule has 1 atom stereocenters. The molecule has 0 N–H and O–H groups in total. The van der Waals surface area contributed by atoms with Crippen molar-refractivity contribution < 1.29 is 14.3 Å². The summed E-state index contributed by atoms with van der Waals surface area (Å²) in [4.78, 5) is 24.9. The quantitative estimate of drug-likeness (QED) is 0.658. The zero-order valence-corrected chi connectivity index (χ0v) is 9.27. The highest BCUT2D eigenvalue weighted by molar-refractivity contribution is 5.99. The summed E-state index contributed by atoms with van der Waals surface area (Å²) in [5, 5.41) is 0. The Hall–Kier alpha value is -1.84. The fourth-order valence-electron chi connectivity index (χ4n) is 1.96. The van der Waals surface area contributed by atoms with E-state index < -0.39 is 6.04 Å². The van der Waals surface area contributed by atoms with Crippen molar-refractivity contribution >= 4 is 11.9 Å². The number of benzene rings is 1. The van der Waals surface area contributed by atoms with Gasteiger partial charge in [0, 0.05) is 19.0 Å². The molecule has 0 radical (unpaired) electrons. The third-order valence-corrected chi connectivity index (χ3v) is 2.92. The molecule has 0 aliphatic carbocycles. The number of hydrogen-bond donors (Lipinski definition) is 0. The number of nitrogens with zero attached hydrogens (tertiary/aromatic N) is 1. The zero-order chi connectivity index (χ0) is 11.7. The molecule has 16 heavy (non-hydrogen) atoms. The molecule has 4 nitrogen and oxygen atoms in total. The van der Waals surface area contributed by atoms with E-state index in [2.05, 4.69) is 0 Å². The van der Waals surface area contributed by atoms with E-state index in [-0.39, 0.29) is 11.9 Å². The molecule has 0 aromatic heterocycles. The van der Waals surface area contributed by atoms with Crippen LogP contribution in [-0.4, -0.2) is 37.0 Å². The highest BCUT2D eigenvalue weighted by Crippen LogP contribution is 2.22. The lowest BCUT2D eigenvalue weighted by molar-refractivity contribution is -0.145. The van der Waals surface area contributed by atoms with Crippen molar-refractivity contribution in [2.45, 2.75) is 12.5 Å². The van der Waals surface area contributed by atoms with Gasteiger partial charge in [-0.15, -0.1) is 0 Å². The summed E-state index contributed by atoms with van der Waals surface area (Å²) >= 11 is 0. The molecule has 1 amide bonds. The van der Waals surface area contributed by atoms with Gasteiger partial charge in [-0.05, 0) is 11.6 Å². The Morgan fingerprint density at radius 1 is 1.44 bits per heavy atom. The van der Waals surface area contributed by atoms with Gasteiger partial charge in [-0.3, -0.25) is 4.79 Å². The monoisotopic (exact) mass is 219 g/mol. The third kappa shape index (κ3) is 1.56. The van der Waals surface area contributed by atoms with Gasteiger partial charge in [0.25, 0.3) is 5.91 Å². The molecular formula is C12H13NO3. The summed E-state index contributed by atoms with van der Waals surface area (Å²) in [5.74, 6) is -0.498. The fourth-order valence-corrected chi connectivity index (χ4v) is 1.96. The Labute approximate surface area is 93.8 Å². The van der Waals surface area contributed by atoms with Crippen LogP contribution >= 0.6 is 0 Å². The minimum Gasteiger partial charge on any atom is -0.467 e. The van der Waals surface area contributed by atoms with Gasteiger partial charge in [0.05, 0.1) is 7.11 Å². The van der Waals surface area contributed by atoms with Gasteiger partial charge in [0.15, 0.2) is 0 Å². The van der Waals surface area contributed by atoms with E-state index in [0.717, 1.165) is 5.56 Å². The second-order valence-corrected chi connectivity index (χ2v) is 3.82. The van der Waals surface area contributed by atoms with Crippen LogP contribution in [0.25, 0.3) is 0 Å². The van der Waals surface area contributed by atoms with Crippen LogP contribution in [0.4, 0.5) is 0 Å². The van der Waals surface area contributed by atoms with Crippen molar-refractivity contribution in [3.05, 3.63) is 35.4 Å². The van der Waals surface area contributed by atoms with E-state index >= 15 is 0 Å². The van der Waals surface area contributed by atoms with Crippen LogP contribution in [0.15, 0.2) is 24.3 Å². The van der Waals surface area contributed by atoms with Crippen molar-refractivity contribution in [1.82, 2.24) is 4.90 Å². The predicted octanol–water partition coefficient (Wildman–Crippen LogP) is 0.856. The zero-order valence-electron chi connectivity index (χ0n) is 9.27. The first-order valence-corrected chi connectivity index (χ1v) is 5.08. The van der Waals surface area contributed by atoms with Crippen LogP contribution < -0.4 is 0 Å². The summed E-state index contributed by atoms with van der Waals surface area (Å²) in [6.45, 7) is 0. The normalized spacial score (nSPS) is 19.2. The number of ether oxygens (including phenoxy) is 1. The second-order valence-electron chi connectivity index (χ2n) is 3.82. The van der Waals surface area contributed by atoms with Crippen molar-refractivity contribution in [2.75, 3.05) is 14.2 Å². The number of likely N-dealkylation sites (N-methyl/N-ethyl adjacent to an activating group) is 1. The van der Waals surface area contributed by atoms with Crippen molar-refractivity contribution in [3.8, 4) is 0 Å².